The molecule has 23 heavy (non-hydrogen) atoms. The van der Waals surface area contributed by atoms with Crippen LogP contribution in [0.5, 0.6) is 0 Å². The SMILES string of the molecule is CCCC(=O)NCCCCCc1nc2ccccc2n1CCC. The van der Waals surface area contributed by atoms with Crippen molar-refractivity contribution in [3.8, 4) is 0 Å². The summed E-state index contributed by atoms with van der Waals surface area (Å²) in [7, 11) is 0. The summed E-state index contributed by atoms with van der Waals surface area (Å²) in [6.07, 6.45) is 6.98. The van der Waals surface area contributed by atoms with Crippen LogP contribution >= 0.6 is 0 Å². The number of imidazole rings is 1. The Balaban J connectivity index is 1.80. The van der Waals surface area contributed by atoms with E-state index < -0.39 is 0 Å². The number of para-hydroxylation sites is 2. The van der Waals surface area contributed by atoms with Crippen molar-refractivity contribution in [1.82, 2.24) is 14.9 Å². The van der Waals surface area contributed by atoms with Crippen molar-refractivity contribution in [2.24, 2.45) is 0 Å². The lowest BCUT2D eigenvalue weighted by Gasteiger charge is -2.08. The average Bonchev–Trinajstić information content (AvgIpc) is 2.89. The third-order valence-electron chi connectivity index (χ3n) is 4.06. The van der Waals surface area contributed by atoms with Crippen LogP contribution in [0.1, 0.15) is 58.2 Å². The van der Waals surface area contributed by atoms with Crippen LogP contribution < -0.4 is 5.32 Å². The van der Waals surface area contributed by atoms with Crippen molar-refractivity contribution in [3.63, 3.8) is 0 Å². The van der Waals surface area contributed by atoms with Gasteiger partial charge in [0, 0.05) is 25.9 Å². The molecule has 0 fully saturated rings. The summed E-state index contributed by atoms with van der Waals surface area (Å²) in [5.74, 6) is 1.38. The molecule has 4 nitrogen and oxygen atoms in total. The molecule has 2 rings (SSSR count). The van der Waals surface area contributed by atoms with Crippen molar-refractivity contribution in [2.75, 3.05) is 6.54 Å². The smallest absolute Gasteiger partial charge is 0.219 e. The minimum Gasteiger partial charge on any atom is -0.356 e. The van der Waals surface area contributed by atoms with Gasteiger partial charge in [-0.25, -0.2) is 4.98 Å². The summed E-state index contributed by atoms with van der Waals surface area (Å²) in [6, 6.07) is 8.38. The van der Waals surface area contributed by atoms with Crippen molar-refractivity contribution < 1.29 is 4.79 Å². The number of nitrogens with one attached hydrogen (secondary N) is 1. The number of aromatic nitrogens is 2. The standard InChI is InChI=1S/C19H29N3O/c1-3-10-19(23)20-14-9-5-6-13-18-21-16-11-7-8-12-17(16)22(18)15-4-2/h7-8,11-12H,3-6,9-10,13-15H2,1-2H3,(H,20,23). The van der Waals surface area contributed by atoms with E-state index in [2.05, 4.69) is 35.0 Å². The number of aryl methyl sites for hydroxylation is 2. The second-order valence-corrected chi connectivity index (χ2v) is 6.08. The molecule has 0 bridgehead atoms. The summed E-state index contributed by atoms with van der Waals surface area (Å²) in [5.41, 5.74) is 2.35. The predicted molar refractivity (Wildman–Crippen MR) is 95.5 cm³/mol. The molecule has 0 radical (unpaired) electrons. The van der Waals surface area contributed by atoms with Crippen LogP contribution in [0, 0.1) is 0 Å². The summed E-state index contributed by atoms with van der Waals surface area (Å²) >= 11 is 0. The maximum Gasteiger partial charge on any atom is 0.219 e. The van der Waals surface area contributed by atoms with Gasteiger partial charge in [0.15, 0.2) is 0 Å². The average molecular weight is 315 g/mol. The van der Waals surface area contributed by atoms with E-state index in [0.29, 0.717) is 6.42 Å². The number of unbranched alkanes of at least 4 members (excludes halogenated alkanes) is 2. The van der Waals surface area contributed by atoms with E-state index in [0.717, 1.165) is 57.1 Å². The Morgan fingerprint density at radius 3 is 2.74 bits per heavy atom. The van der Waals surface area contributed by atoms with Gasteiger partial charge in [-0.2, -0.15) is 0 Å². The number of rotatable bonds is 10. The highest BCUT2D eigenvalue weighted by Gasteiger charge is 2.09. The summed E-state index contributed by atoms with van der Waals surface area (Å²) in [5, 5.41) is 2.98. The van der Waals surface area contributed by atoms with Crippen LogP contribution in [0.3, 0.4) is 0 Å². The van der Waals surface area contributed by atoms with Crippen LogP contribution in [-0.4, -0.2) is 22.0 Å². The minimum absolute atomic E-state index is 0.178. The van der Waals surface area contributed by atoms with Crippen LogP contribution in [0.15, 0.2) is 24.3 Å². The molecule has 126 valence electrons. The minimum atomic E-state index is 0.178. The number of fused-ring (bicyclic) bond motifs is 1. The highest BCUT2D eigenvalue weighted by molar-refractivity contribution is 5.76. The topological polar surface area (TPSA) is 46.9 Å². The molecule has 1 amide bonds. The van der Waals surface area contributed by atoms with Crippen molar-refractivity contribution in [3.05, 3.63) is 30.1 Å². The van der Waals surface area contributed by atoms with Crippen molar-refractivity contribution >= 4 is 16.9 Å². The number of hydrogen-bond donors (Lipinski definition) is 1. The van der Waals surface area contributed by atoms with Crippen molar-refractivity contribution in [2.45, 2.75) is 65.3 Å². The molecule has 0 saturated carbocycles. The molecular weight excluding hydrogens is 286 g/mol. The van der Waals surface area contributed by atoms with Crippen LogP contribution in [0.25, 0.3) is 11.0 Å². The first kappa shape index (κ1) is 17.5. The molecule has 2 aromatic rings. The van der Waals surface area contributed by atoms with E-state index >= 15 is 0 Å². The first-order valence-electron chi connectivity index (χ1n) is 8.97. The largest absolute Gasteiger partial charge is 0.356 e. The Kier molecular flexibility index (Phi) is 7.11. The fourth-order valence-corrected chi connectivity index (χ4v) is 2.92. The Bertz CT molecular complexity index is 618. The molecule has 0 aliphatic heterocycles. The molecule has 0 unspecified atom stereocenters. The van der Waals surface area contributed by atoms with Gasteiger partial charge in [-0.05, 0) is 37.8 Å². The monoisotopic (exact) mass is 315 g/mol. The van der Waals surface area contributed by atoms with Gasteiger partial charge in [0.05, 0.1) is 11.0 Å². The predicted octanol–water partition coefficient (Wildman–Crippen LogP) is 4.08. The molecule has 0 saturated heterocycles. The number of carbonyl (C=O) groups is 1. The van der Waals surface area contributed by atoms with Crippen LogP contribution in [-0.2, 0) is 17.8 Å². The number of hydrogen-bond acceptors (Lipinski definition) is 2. The Labute approximate surface area is 139 Å². The van der Waals surface area contributed by atoms with Gasteiger partial charge in [-0.15, -0.1) is 0 Å². The van der Waals surface area contributed by atoms with E-state index in [1.807, 2.05) is 13.0 Å². The first-order valence-corrected chi connectivity index (χ1v) is 8.97. The molecule has 0 spiro atoms. The number of nitrogens with zero attached hydrogens (tertiary/aromatic N) is 2. The summed E-state index contributed by atoms with van der Waals surface area (Å²) in [4.78, 5) is 16.2. The zero-order chi connectivity index (χ0) is 16.5. The molecule has 0 aliphatic rings. The molecule has 4 heteroatoms. The molecule has 1 heterocycles. The van der Waals surface area contributed by atoms with Gasteiger partial charge < -0.3 is 9.88 Å². The lowest BCUT2D eigenvalue weighted by molar-refractivity contribution is -0.121. The normalized spacial score (nSPS) is 11.0. The Morgan fingerprint density at radius 2 is 1.96 bits per heavy atom. The zero-order valence-electron chi connectivity index (χ0n) is 14.5. The van der Waals surface area contributed by atoms with Crippen LogP contribution in [0.2, 0.25) is 0 Å². The molecule has 1 aromatic heterocycles. The van der Waals surface area contributed by atoms with Gasteiger partial charge in [-0.1, -0.05) is 32.4 Å². The highest BCUT2D eigenvalue weighted by atomic mass is 16.1. The van der Waals surface area contributed by atoms with Crippen molar-refractivity contribution in [1.29, 1.82) is 0 Å². The lowest BCUT2D eigenvalue weighted by atomic mass is 10.2. The Hall–Kier alpha value is -1.84. The molecule has 1 aromatic carbocycles. The summed E-state index contributed by atoms with van der Waals surface area (Å²) < 4.78 is 2.36. The zero-order valence-corrected chi connectivity index (χ0v) is 14.5. The van der Waals surface area contributed by atoms with Gasteiger partial charge in [-0.3, -0.25) is 4.79 Å². The van der Waals surface area contributed by atoms with E-state index in [1.165, 1.54) is 11.3 Å². The third kappa shape index (κ3) is 5.08. The van der Waals surface area contributed by atoms with E-state index in [1.54, 1.807) is 0 Å². The van der Waals surface area contributed by atoms with Gasteiger partial charge in [0.2, 0.25) is 5.91 Å². The molecular formula is C19H29N3O. The Morgan fingerprint density at radius 1 is 1.13 bits per heavy atom. The van der Waals surface area contributed by atoms with Gasteiger partial charge in [0.25, 0.3) is 0 Å². The molecule has 0 atom stereocenters. The second kappa shape index (κ2) is 9.33. The quantitative estimate of drug-likeness (QED) is 0.672. The third-order valence-corrected chi connectivity index (χ3v) is 4.06. The van der Waals surface area contributed by atoms with Crippen LogP contribution in [0.4, 0.5) is 0 Å². The maximum absolute atomic E-state index is 11.4. The van der Waals surface area contributed by atoms with Gasteiger partial charge >= 0.3 is 0 Å². The fourth-order valence-electron chi connectivity index (χ4n) is 2.92. The molecule has 1 N–H and O–H groups in total. The van der Waals surface area contributed by atoms with E-state index in [9.17, 15) is 4.79 Å². The number of benzene rings is 1. The van der Waals surface area contributed by atoms with E-state index in [4.69, 9.17) is 4.98 Å². The lowest BCUT2D eigenvalue weighted by Crippen LogP contribution is -2.23. The highest BCUT2D eigenvalue weighted by Crippen LogP contribution is 2.18. The number of amides is 1. The number of carbonyl (C=O) groups excluding carboxylic acids is 1. The first-order chi connectivity index (χ1) is 11.3. The molecule has 0 aliphatic carbocycles. The fraction of sp³-hybridized carbons (Fsp3) is 0.579. The second-order valence-electron chi connectivity index (χ2n) is 6.08. The summed E-state index contributed by atoms with van der Waals surface area (Å²) in [6.45, 7) is 6.06. The van der Waals surface area contributed by atoms with E-state index in [-0.39, 0.29) is 5.91 Å². The maximum atomic E-state index is 11.4. The van der Waals surface area contributed by atoms with Gasteiger partial charge in [0.1, 0.15) is 5.82 Å².